The van der Waals surface area contributed by atoms with E-state index in [0.29, 0.717) is 0 Å². The maximum absolute atomic E-state index is 5.73. The molecule has 296 valence electrons. The topological polar surface area (TPSA) is 62.4 Å². The number of fused-ring (bicyclic) bond motifs is 4. The van der Waals surface area contributed by atoms with Crippen LogP contribution in [0.1, 0.15) is 22.3 Å². The third-order valence-electron chi connectivity index (χ3n) is 11.2. The normalized spacial score (nSPS) is 16.5. The summed E-state index contributed by atoms with van der Waals surface area (Å²) in [5, 5.41) is 0. The summed E-state index contributed by atoms with van der Waals surface area (Å²) in [5.41, 5.74) is 19.4. The molecule has 0 saturated heterocycles. The molecule has 4 aromatic rings. The first-order valence-corrected chi connectivity index (χ1v) is 20.2. The summed E-state index contributed by atoms with van der Waals surface area (Å²) in [6.45, 7) is 0. The van der Waals surface area contributed by atoms with Gasteiger partial charge >= 0.3 is 0 Å². The van der Waals surface area contributed by atoms with E-state index in [2.05, 4.69) is 197 Å². The average Bonchev–Trinajstić information content (AvgIpc) is 4.06. The van der Waals surface area contributed by atoms with Gasteiger partial charge in [-0.1, -0.05) is 48.5 Å². The molecule has 0 spiro atoms. The smallest absolute Gasteiger partial charge is 0.0822 e. The van der Waals surface area contributed by atoms with Crippen molar-refractivity contribution in [1.29, 1.82) is 0 Å². The number of rotatable bonds is 8. The minimum absolute atomic E-state index is 0.819. The third-order valence-corrected chi connectivity index (χ3v) is 11.2. The number of nitrogens with zero attached hydrogens (tertiary/aromatic N) is 8. The molecule has 0 saturated carbocycles. The maximum atomic E-state index is 5.73. The van der Waals surface area contributed by atoms with Gasteiger partial charge in [0.25, 0.3) is 0 Å². The third kappa shape index (κ3) is 7.32. The summed E-state index contributed by atoms with van der Waals surface area (Å²) in [6, 6.07) is 35.0. The van der Waals surface area contributed by atoms with Crippen LogP contribution in [0.3, 0.4) is 0 Å². The molecule has 0 unspecified atom stereocenters. The first kappa shape index (κ1) is 38.2. The number of benzene rings is 4. The minimum atomic E-state index is 0.819. The Bertz CT molecular complexity index is 2790. The summed E-state index contributed by atoms with van der Waals surface area (Å²) < 4.78 is 0. The number of anilines is 4. The van der Waals surface area contributed by atoms with Gasteiger partial charge in [0.2, 0.25) is 0 Å². The van der Waals surface area contributed by atoms with Crippen molar-refractivity contribution in [2.75, 3.05) is 76.0 Å². The average molecular weight is 785 g/mol. The second-order valence-corrected chi connectivity index (χ2v) is 16.2. The Balaban J connectivity index is 1.41. The molecule has 8 nitrogen and oxygen atoms in total. The fraction of sp³-hybridized carbons (Fsp3) is 0.154. The lowest BCUT2D eigenvalue weighted by molar-refractivity contribution is 1.13. The highest BCUT2D eigenvalue weighted by atomic mass is 15.1. The maximum Gasteiger partial charge on any atom is 0.0822 e. The van der Waals surface area contributed by atoms with Crippen molar-refractivity contribution < 1.29 is 0 Å². The van der Waals surface area contributed by atoms with E-state index < -0.39 is 0 Å². The van der Waals surface area contributed by atoms with E-state index in [1.807, 2.05) is 24.3 Å². The number of hydrogen-bond acceptors (Lipinski definition) is 8. The number of allylic oxidation sites excluding steroid dienone is 12. The minimum Gasteiger partial charge on any atom is -0.378 e. The van der Waals surface area contributed by atoms with Crippen LogP contribution in [0.25, 0.3) is 22.3 Å². The monoisotopic (exact) mass is 784 g/mol. The van der Waals surface area contributed by atoms with E-state index in [4.69, 9.17) is 20.0 Å². The van der Waals surface area contributed by atoms with Crippen molar-refractivity contribution >= 4 is 67.9 Å². The SMILES string of the molecule is CN(C)c1ccc(C2=CC3=CC4=NC(=CC5=NC(=CC6=NC(=C(c7ccc(N(C)C)cc7)C2=N3)C(c2ccc(N(C)C)cc2)=C6c2ccc(N(C)C)cc2)C=C5)C=C4)cc1. The molecule has 60 heavy (non-hydrogen) atoms. The van der Waals surface area contributed by atoms with Gasteiger partial charge in [0, 0.05) is 101 Å². The van der Waals surface area contributed by atoms with Gasteiger partial charge in [-0.2, -0.15) is 0 Å². The molecule has 0 N–H and O–H groups in total. The summed E-state index contributed by atoms with van der Waals surface area (Å²) in [4.78, 5) is 29.8. The summed E-state index contributed by atoms with van der Waals surface area (Å²) in [5.74, 6) is 0. The van der Waals surface area contributed by atoms with Crippen molar-refractivity contribution in [3.8, 4) is 0 Å². The van der Waals surface area contributed by atoms with Crippen molar-refractivity contribution in [2.45, 2.75) is 0 Å². The van der Waals surface area contributed by atoms with Gasteiger partial charge in [0.05, 0.1) is 45.6 Å². The van der Waals surface area contributed by atoms with Gasteiger partial charge in [-0.3, -0.25) is 0 Å². The molecular formula is C52H48N8. The van der Waals surface area contributed by atoms with Crippen LogP contribution >= 0.6 is 0 Å². The lowest BCUT2D eigenvalue weighted by Gasteiger charge is -2.20. The molecule has 0 amide bonds. The molecule has 8 bridgehead atoms. The van der Waals surface area contributed by atoms with Crippen LogP contribution in [0.4, 0.5) is 22.7 Å². The summed E-state index contributed by atoms with van der Waals surface area (Å²) in [7, 11) is 16.5. The Hall–Kier alpha value is -7.32. The van der Waals surface area contributed by atoms with Crippen molar-refractivity contribution in [3.63, 3.8) is 0 Å². The molecule has 0 fully saturated rings. The Morgan fingerprint density at radius 1 is 0.333 bits per heavy atom. The summed E-state index contributed by atoms with van der Waals surface area (Å²) >= 11 is 0. The van der Waals surface area contributed by atoms with Crippen LogP contribution in [0.15, 0.2) is 188 Å². The van der Waals surface area contributed by atoms with Crippen LogP contribution in [0, 0.1) is 0 Å². The summed E-state index contributed by atoms with van der Waals surface area (Å²) in [6.07, 6.45) is 16.6. The lowest BCUT2D eigenvalue weighted by atomic mass is 9.85. The predicted octanol–water partition coefficient (Wildman–Crippen LogP) is 9.95. The standard InChI is InChI=1S/C52H48N8/c1-57(2)42-21-9-33(10-22-42)46-31-41-30-39-18-17-37(53-39)29-38-19-20-40(54-38)32-47-48(34-11-23-43(24-12-34)58(3)4)49(35-13-25-44(26-14-35)59(5)6)52(56-47)50(51(46)55-41)36-15-27-45(28-16-36)60(7)8/h9-32H,1-8H3. The quantitative estimate of drug-likeness (QED) is 0.179. The number of aliphatic imine (C=N–C) groups is 4. The molecule has 5 aliphatic rings. The molecule has 0 aromatic heterocycles. The molecule has 5 aliphatic heterocycles. The molecule has 4 aromatic carbocycles. The van der Waals surface area contributed by atoms with Crippen LogP contribution in [-0.2, 0) is 0 Å². The largest absolute Gasteiger partial charge is 0.378 e. The van der Waals surface area contributed by atoms with Gasteiger partial charge < -0.3 is 19.6 Å². The van der Waals surface area contributed by atoms with E-state index in [1.165, 1.54) is 0 Å². The Kier molecular flexibility index (Phi) is 9.84. The molecule has 0 atom stereocenters. The van der Waals surface area contributed by atoms with E-state index in [1.54, 1.807) is 0 Å². The predicted molar refractivity (Wildman–Crippen MR) is 257 cm³/mol. The lowest BCUT2D eigenvalue weighted by Crippen LogP contribution is -2.10. The fourth-order valence-electron chi connectivity index (χ4n) is 7.92. The Morgan fingerprint density at radius 2 is 0.733 bits per heavy atom. The zero-order chi connectivity index (χ0) is 41.7. The second-order valence-electron chi connectivity index (χ2n) is 16.2. The molecule has 5 heterocycles. The van der Waals surface area contributed by atoms with Crippen LogP contribution in [0.5, 0.6) is 0 Å². The van der Waals surface area contributed by atoms with E-state index in [-0.39, 0.29) is 0 Å². The van der Waals surface area contributed by atoms with Crippen LogP contribution in [0.2, 0.25) is 0 Å². The highest BCUT2D eigenvalue weighted by Gasteiger charge is 2.33. The van der Waals surface area contributed by atoms with Gasteiger partial charge in [0.15, 0.2) is 0 Å². The second kappa shape index (κ2) is 15.5. The molecule has 9 rings (SSSR count). The highest BCUT2D eigenvalue weighted by Crippen LogP contribution is 2.47. The van der Waals surface area contributed by atoms with E-state index >= 15 is 0 Å². The van der Waals surface area contributed by atoms with Crippen molar-refractivity contribution in [1.82, 2.24) is 0 Å². The van der Waals surface area contributed by atoms with E-state index in [9.17, 15) is 0 Å². The highest BCUT2D eigenvalue weighted by molar-refractivity contribution is 6.50. The zero-order valence-electron chi connectivity index (χ0n) is 35.4. The zero-order valence-corrected chi connectivity index (χ0v) is 35.4. The van der Waals surface area contributed by atoms with Gasteiger partial charge in [-0.15, -0.1) is 0 Å². The van der Waals surface area contributed by atoms with Crippen molar-refractivity contribution in [3.05, 3.63) is 191 Å². The Labute approximate surface area is 353 Å². The molecular weight excluding hydrogens is 737 g/mol. The molecule has 0 radical (unpaired) electrons. The van der Waals surface area contributed by atoms with Gasteiger partial charge in [0.1, 0.15) is 0 Å². The Morgan fingerprint density at radius 3 is 1.20 bits per heavy atom. The van der Waals surface area contributed by atoms with Crippen LogP contribution in [-0.4, -0.2) is 79.2 Å². The van der Waals surface area contributed by atoms with Crippen molar-refractivity contribution in [2.24, 2.45) is 20.0 Å². The van der Waals surface area contributed by atoms with Crippen LogP contribution < -0.4 is 19.6 Å². The van der Waals surface area contributed by atoms with E-state index in [0.717, 1.165) is 113 Å². The first-order chi connectivity index (χ1) is 29.0. The van der Waals surface area contributed by atoms with Gasteiger partial charge in [-0.25, -0.2) is 20.0 Å². The fourth-order valence-corrected chi connectivity index (χ4v) is 7.92. The number of hydrogen-bond donors (Lipinski definition) is 0. The molecule has 0 aliphatic carbocycles. The van der Waals surface area contributed by atoms with Gasteiger partial charge in [-0.05, 0) is 119 Å². The molecule has 8 heteroatoms. The first-order valence-electron chi connectivity index (χ1n) is 20.2.